The molecule has 0 aliphatic heterocycles. The van der Waals surface area contributed by atoms with Gasteiger partial charge in [-0.2, -0.15) is 4.98 Å². The molecule has 94 valence electrons. The monoisotopic (exact) mass is 235 g/mol. The molecule has 17 heavy (non-hydrogen) atoms. The highest BCUT2D eigenvalue weighted by atomic mass is 15.3. The van der Waals surface area contributed by atoms with Crippen LogP contribution in [0.2, 0.25) is 0 Å². The molecule has 1 atom stereocenters. The molecule has 1 aromatic rings. The predicted octanol–water partition coefficient (Wildman–Crippen LogP) is 2.06. The van der Waals surface area contributed by atoms with Crippen molar-refractivity contribution < 1.29 is 0 Å². The molecule has 5 nitrogen and oxygen atoms in total. The Morgan fingerprint density at radius 2 is 2.24 bits per heavy atom. The fraction of sp³-hybridized carbons (Fsp3) is 0.667. The number of aryl methyl sites for hydroxylation is 1. The number of nitrogens with one attached hydrogen (secondary N) is 2. The lowest BCUT2D eigenvalue weighted by atomic mass is 9.87. The maximum absolute atomic E-state index is 5.33. The number of rotatable bonds is 3. The summed E-state index contributed by atoms with van der Waals surface area (Å²) in [6.07, 6.45) is 5.52. The summed E-state index contributed by atoms with van der Waals surface area (Å²) in [5.74, 6) is 6.66. The molecule has 1 aromatic heterocycles. The van der Waals surface area contributed by atoms with Gasteiger partial charge >= 0.3 is 0 Å². The van der Waals surface area contributed by atoms with Crippen LogP contribution in [0.3, 0.4) is 0 Å². The molecule has 1 aliphatic carbocycles. The van der Waals surface area contributed by atoms with Crippen LogP contribution in [0.25, 0.3) is 0 Å². The van der Waals surface area contributed by atoms with Crippen molar-refractivity contribution in [1.82, 2.24) is 9.97 Å². The van der Waals surface area contributed by atoms with Crippen LogP contribution in [-0.2, 0) is 0 Å². The number of nitrogen functional groups attached to an aromatic ring is 1. The van der Waals surface area contributed by atoms with Crippen molar-refractivity contribution in [2.24, 2.45) is 11.3 Å². The maximum atomic E-state index is 5.33. The van der Waals surface area contributed by atoms with E-state index in [9.17, 15) is 0 Å². The predicted molar refractivity (Wildman–Crippen MR) is 69.6 cm³/mol. The van der Waals surface area contributed by atoms with Crippen LogP contribution in [0.4, 0.5) is 11.8 Å². The average Bonchev–Trinajstić information content (AvgIpc) is 2.61. The fourth-order valence-electron chi connectivity index (χ4n) is 2.42. The molecule has 0 saturated heterocycles. The summed E-state index contributed by atoms with van der Waals surface area (Å²) in [4.78, 5) is 8.44. The maximum Gasteiger partial charge on any atom is 0.239 e. The summed E-state index contributed by atoms with van der Waals surface area (Å²) in [5.41, 5.74) is 3.85. The molecule has 1 heterocycles. The number of nitrogens with two attached hydrogens (primary N) is 1. The Morgan fingerprint density at radius 3 is 2.82 bits per heavy atom. The molecule has 1 fully saturated rings. The first-order chi connectivity index (χ1) is 8.03. The standard InChI is InChI=1S/C12H21N5/c1-8-7-14-11(17-13)16-10(8)15-9-5-4-6-12(9,2)3/h7,9H,4-6,13H2,1-3H3,(H2,14,15,16,17). The molecule has 0 radical (unpaired) electrons. The number of anilines is 2. The van der Waals surface area contributed by atoms with Gasteiger partial charge in [0.1, 0.15) is 5.82 Å². The van der Waals surface area contributed by atoms with Crippen LogP contribution in [0, 0.1) is 12.3 Å². The molecule has 1 aliphatic rings. The molecular formula is C12H21N5. The summed E-state index contributed by atoms with van der Waals surface area (Å²) in [7, 11) is 0. The second-order valence-electron chi connectivity index (χ2n) is 5.45. The normalized spacial score (nSPS) is 22.5. The topological polar surface area (TPSA) is 75.9 Å². The SMILES string of the molecule is Cc1cnc(NN)nc1NC1CCCC1(C)C. The Hall–Kier alpha value is -1.36. The Bertz CT molecular complexity index is 402. The molecule has 1 unspecified atom stereocenters. The number of nitrogens with zero attached hydrogens (tertiary/aromatic N) is 2. The Kier molecular flexibility index (Phi) is 3.19. The molecule has 4 N–H and O–H groups in total. The van der Waals surface area contributed by atoms with Crippen molar-refractivity contribution in [3.8, 4) is 0 Å². The third-order valence-corrected chi connectivity index (χ3v) is 3.67. The summed E-state index contributed by atoms with van der Waals surface area (Å²) in [5, 5.41) is 3.53. The van der Waals surface area contributed by atoms with Gasteiger partial charge in [-0.1, -0.05) is 20.3 Å². The molecule has 0 aromatic carbocycles. The van der Waals surface area contributed by atoms with E-state index in [1.165, 1.54) is 19.3 Å². The van der Waals surface area contributed by atoms with Gasteiger partial charge in [0, 0.05) is 17.8 Å². The van der Waals surface area contributed by atoms with Gasteiger partial charge in [-0.3, -0.25) is 5.43 Å². The third kappa shape index (κ3) is 2.49. The molecule has 2 rings (SSSR count). The minimum absolute atomic E-state index is 0.327. The summed E-state index contributed by atoms with van der Waals surface area (Å²) >= 11 is 0. The highest BCUT2D eigenvalue weighted by Crippen LogP contribution is 2.39. The lowest BCUT2D eigenvalue weighted by molar-refractivity contribution is 0.349. The quantitative estimate of drug-likeness (QED) is 0.552. The van der Waals surface area contributed by atoms with Gasteiger partial charge in [0.15, 0.2) is 0 Å². The van der Waals surface area contributed by atoms with Crippen molar-refractivity contribution in [3.63, 3.8) is 0 Å². The average molecular weight is 235 g/mol. The first-order valence-corrected chi connectivity index (χ1v) is 6.10. The summed E-state index contributed by atoms with van der Waals surface area (Å²) in [6.45, 7) is 6.61. The van der Waals surface area contributed by atoms with Crippen LogP contribution in [-0.4, -0.2) is 16.0 Å². The van der Waals surface area contributed by atoms with Gasteiger partial charge in [-0.15, -0.1) is 0 Å². The van der Waals surface area contributed by atoms with Crippen molar-refractivity contribution in [3.05, 3.63) is 11.8 Å². The highest BCUT2D eigenvalue weighted by molar-refractivity contribution is 5.47. The molecule has 1 saturated carbocycles. The van der Waals surface area contributed by atoms with E-state index >= 15 is 0 Å². The second-order valence-corrected chi connectivity index (χ2v) is 5.45. The van der Waals surface area contributed by atoms with E-state index in [0.717, 1.165) is 11.4 Å². The molecule has 0 bridgehead atoms. The minimum Gasteiger partial charge on any atom is -0.366 e. The van der Waals surface area contributed by atoms with Gasteiger partial charge in [0.05, 0.1) is 0 Å². The van der Waals surface area contributed by atoms with Crippen LogP contribution in [0.1, 0.15) is 38.7 Å². The molecule has 0 spiro atoms. The largest absolute Gasteiger partial charge is 0.366 e. The third-order valence-electron chi connectivity index (χ3n) is 3.67. The lowest BCUT2D eigenvalue weighted by Gasteiger charge is -2.28. The van der Waals surface area contributed by atoms with Gasteiger partial charge < -0.3 is 5.32 Å². The van der Waals surface area contributed by atoms with E-state index in [1.807, 2.05) is 6.92 Å². The lowest BCUT2D eigenvalue weighted by Crippen LogP contribution is -2.31. The van der Waals surface area contributed by atoms with Crippen LogP contribution in [0.15, 0.2) is 6.20 Å². The number of hydrazine groups is 1. The smallest absolute Gasteiger partial charge is 0.239 e. The van der Waals surface area contributed by atoms with E-state index in [4.69, 9.17) is 5.84 Å². The van der Waals surface area contributed by atoms with Crippen molar-refractivity contribution in [1.29, 1.82) is 0 Å². The molecule has 5 heteroatoms. The van der Waals surface area contributed by atoms with Crippen molar-refractivity contribution in [2.45, 2.75) is 46.1 Å². The zero-order chi connectivity index (χ0) is 12.5. The summed E-state index contributed by atoms with van der Waals surface area (Å²) < 4.78 is 0. The van der Waals surface area contributed by atoms with Gasteiger partial charge in [0.25, 0.3) is 0 Å². The Labute approximate surface area is 102 Å². The van der Waals surface area contributed by atoms with Crippen LogP contribution >= 0.6 is 0 Å². The van der Waals surface area contributed by atoms with E-state index in [2.05, 4.69) is 34.6 Å². The Balaban J connectivity index is 2.18. The molecule has 0 amide bonds. The van der Waals surface area contributed by atoms with E-state index in [1.54, 1.807) is 6.20 Å². The van der Waals surface area contributed by atoms with Crippen LogP contribution < -0.4 is 16.6 Å². The van der Waals surface area contributed by atoms with Gasteiger partial charge in [-0.25, -0.2) is 10.8 Å². The van der Waals surface area contributed by atoms with Crippen molar-refractivity contribution in [2.75, 3.05) is 10.7 Å². The van der Waals surface area contributed by atoms with E-state index in [0.29, 0.717) is 17.4 Å². The number of hydrogen-bond acceptors (Lipinski definition) is 5. The van der Waals surface area contributed by atoms with E-state index < -0.39 is 0 Å². The van der Waals surface area contributed by atoms with Gasteiger partial charge in [-0.05, 0) is 25.2 Å². The second kappa shape index (κ2) is 4.49. The van der Waals surface area contributed by atoms with Crippen LogP contribution in [0.5, 0.6) is 0 Å². The Morgan fingerprint density at radius 1 is 1.47 bits per heavy atom. The van der Waals surface area contributed by atoms with Gasteiger partial charge in [0.2, 0.25) is 5.95 Å². The molecular weight excluding hydrogens is 214 g/mol. The highest BCUT2D eigenvalue weighted by Gasteiger charge is 2.34. The number of hydrogen-bond donors (Lipinski definition) is 3. The first kappa shape index (κ1) is 12.1. The fourth-order valence-corrected chi connectivity index (χ4v) is 2.42. The van der Waals surface area contributed by atoms with Crippen molar-refractivity contribution >= 4 is 11.8 Å². The number of aromatic nitrogens is 2. The minimum atomic E-state index is 0.327. The zero-order valence-electron chi connectivity index (χ0n) is 10.7. The van der Waals surface area contributed by atoms with E-state index in [-0.39, 0.29) is 0 Å². The first-order valence-electron chi connectivity index (χ1n) is 6.10. The summed E-state index contributed by atoms with van der Waals surface area (Å²) in [6, 6.07) is 0.474. The zero-order valence-corrected chi connectivity index (χ0v) is 10.7.